The molecular weight excluding hydrogens is 266 g/mol. The molecule has 0 radical (unpaired) electrons. The van der Waals surface area contributed by atoms with Crippen molar-refractivity contribution < 1.29 is 9.59 Å². The first kappa shape index (κ1) is 13.8. The molecule has 4 N–H and O–H groups in total. The Morgan fingerprint density at radius 2 is 2.32 bits per heavy atom. The molecule has 0 saturated carbocycles. The Bertz CT molecular complexity index is 531. The summed E-state index contributed by atoms with van der Waals surface area (Å²) in [7, 11) is 0. The summed E-state index contributed by atoms with van der Waals surface area (Å²) in [6, 6.07) is 3.22. The van der Waals surface area contributed by atoms with E-state index in [1.165, 1.54) is 0 Å². The molecule has 1 aliphatic heterocycles. The molecule has 0 spiro atoms. The predicted octanol–water partition coefficient (Wildman–Crippen LogP) is 1.90. The van der Waals surface area contributed by atoms with Crippen LogP contribution in [0.1, 0.15) is 25.3 Å². The van der Waals surface area contributed by atoms with Crippen molar-refractivity contribution in [1.82, 2.24) is 0 Å². The molecule has 19 heavy (non-hydrogen) atoms. The third-order valence-electron chi connectivity index (χ3n) is 3.06. The van der Waals surface area contributed by atoms with E-state index < -0.39 is 0 Å². The highest BCUT2D eigenvalue weighted by Gasteiger charge is 2.20. The van der Waals surface area contributed by atoms with E-state index in [2.05, 4.69) is 10.6 Å². The molecule has 0 fully saturated rings. The summed E-state index contributed by atoms with van der Waals surface area (Å²) >= 11 is 6.07. The van der Waals surface area contributed by atoms with Gasteiger partial charge in [-0.1, -0.05) is 18.5 Å². The summed E-state index contributed by atoms with van der Waals surface area (Å²) in [6.07, 6.45) is 1.30. The number of fused-ring (bicyclic) bond motifs is 1. The normalized spacial score (nSPS) is 14.8. The van der Waals surface area contributed by atoms with E-state index in [-0.39, 0.29) is 24.3 Å². The molecular formula is C13H16ClN3O2. The van der Waals surface area contributed by atoms with Crippen LogP contribution < -0.4 is 16.4 Å². The molecule has 1 heterocycles. The minimum atomic E-state index is -0.173. The highest BCUT2D eigenvalue weighted by atomic mass is 35.5. The van der Waals surface area contributed by atoms with Crippen molar-refractivity contribution >= 4 is 34.8 Å². The lowest BCUT2D eigenvalue weighted by Crippen LogP contribution is -2.26. The van der Waals surface area contributed by atoms with Gasteiger partial charge >= 0.3 is 0 Å². The van der Waals surface area contributed by atoms with Gasteiger partial charge in [-0.3, -0.25) is 9.59 Å². The van der Waals surface area contributed by atoms with Crippen LogP contribution >= 0.6 is 11.6 Å². The SMILES string of the molecule is CCC(N)CC(=O)Nc1cc2c(cc1Cl)NC(=O)C2. The first-order chi connectivity index (χ1) is 8.99. The van der Waals surface area contributed by atoms with E-state index in [0.29, 0.717) is 22.8 Å². The Balaban J connectivity index is 2.11. The zero-order valence-electron chi connectivity index (χ0n) is 10.6. The second-order valence-corrected chi connectivity index (χ2v) is 5.04. The highest BCUT2D eigenvalue weighted by Crippen LogP contribution is 2.32. The molecule has 6 heteroatoms. The molecule has 0 aromatic heterocycles. The van der Waals surface area contributed by atoms with Crippen LogP contribution in [0.15, 0.2) is 12.1 Å². The van der Waals surface area contributed by atoms with Gasteiger partial charge in [0.15, 0.2) is 0 Å². The highest BCUT2D eigenvalue weighted by molar-refractivity contribution is 6.34. The van der Waals surface area contributed by atoms with E-state index in [9.17, 15) is 9.59 Å². The van der Waals surface area contributed by atoms with Crippen molar-refractivity contribution in [2.24, 2.45) is 5.73 Å². The number of hydrogen-bond acceptors (Lipinski definition) is 3. The van der Waals surface area contributed by atoms with Gasteiger partial charge in [-0.05, 0) is 24.1 Å². The van der Waals surface area contributed by atoms with Crippen LogP contribution in [-0.4, -0.2) is 17.9 Å². The van der Waals surface area contributed by atoms with Crippen LogP contribution in [-0.2, 0) is 16.0 Å². The lowest BCUT2D eigenvalue weighted by molar-refractivity contribution is -0.116. The Labute approximate surface area is 116 Å². The maximum absolute atomic E-state index is 11.8. The van der Waals surface area contributed by atoms with Crippen LogP contribution in [0.4, 0.5) is 11.4 Å². The summed E-state index contributed by atoms with van der Waals surface area (Å²) < 4.78 is 0. The van der Waals surface area contributed by atoms with Gasteiger partial charge in [0.1, 0.15) is 0 Å². The maximum atomic E-state index is 11.8. The number of hydrogen-bond donors (Lipinski definition) is 3. The second kappa shape index (κ2) is 5.59. The summed E-state index contributed by atoms with van der Waals surface area (Å²) in [5, 5.41) is 5.84. The average Bonchev–Trinajstić information content (AvgIpc) is 2.68. The van der Waals surface area contributed by atoms with Crippen molar-refractivity contribution in [1.29, 1.82) is 0 Å². The van der Waals surface area contributed by atoms with E-state index in [1.54, 1.807) is 12.1 Å². The molecule has 0 bridgehead atoms. The summed E-state index contributed by atoms with van der Waals surface area (Å²) in [6.45, 7) is 1.93. The minimum absolute atomic E-state index is 0.0671. The lowest BCUT2D eigenvalue weighted by atomic mass is 10.1. The van der Waals surface area contributed by atoms with Crippen molar-refractivity contribution in [3.63, 3.8) is 0 Å². The zero-order valence-corrected chi connectivity index (χ0v) is 11.4. The fraction of sp³-hybridized carbons (Fsp3) is 0.385. The van der Waals surface area contributed by atoms with E-state index in [1.807, 2.05) is 6.92 Å². The number of nitrogens with one attached hydrogen (secondary N) is 2. The number of carbonyl (C=O) groups excluding carboxylic acids is 2. The standard InChI is InChI=1S/C13H16ClN3O2/c1-2-8(15)5-13(19)17-11-3-7-4-12(18)16-10(7)6-9(11)14/h3,6,8H,2,4-5,15H2,1H3,(H,16,18)(H,17,19). The van der Waals surface area contributed by atoms with Gasteiger partial charge in [-0.25, -0.2) is 0 Å². The van der Waals surface area contributed by atoms with Gasteiger partial charge < -0.3 is 16.4 Å². The molecule has 2 rings (SSSR count). The molecule has 5 nitrogen and oxygen atoms in total. The summed E-state index contributed by atoms with van der Waals surface area (Å²) in [5.41, 5.74) is 7.79. The third-order valence-corrected chi connectivity index (χ3v) is 3.38. The molecule has 1 atom stereocenters. The van der Waals surface area contributed by atoms with Gasteiger partial charge in [0.05, 0.1) is 17.1 Å². The van der Waals surface area contributed by atoms with Gasteiger partial charge in [0.2, 0.25) is 11.8 Å². The van der Waals surface area contributed by atoms with Crippen LogP contribution in [0, 0.1) is 0 Å². The Morgan fingerprint density at radius 3 is 3.00 bits per heavy atom. The Hall–Kier alpha value is -1.59. The number of carbonyl (C=O) groups is 2. The molecule has 0 aliphatic carbocycles. The number of halogens is 1. The summed E-state index contributed by atoms with van der Waals surface area (Å²) in [5.74, 6) is -0.240. The molecule has 1 unspecified atom stereocenters. The average molecular weight is 282 g/mol. The van der Waals surface area contributed by atoms with E-state index in [4.69, 9.17) is 17.3 Å². The largest absolute Gasteiger partial charge is 0.327 e. The molecule has 0 saturated heterocycles. The molecule has 1 aromatic rings. The Morgan fingerprint density at radius 1 is 1.58 bits per heavy atom. The third kappa shape index (κ3) is 3.24. The van der Waals surface area contributed by atoms with Gasteiger partial charge in [0.25, 0.3) is 0 Å². The van der Waals surface area contributed by atoms with Crippen LogP contribution in [0.3, 0.4) is 0 Å². The van der Waals surface area contributed by atoms with Crippen molar-refractivity contribution in [3.8, 4) is 0 Å². The quantitative estimate of drug-likeness (QED) is 0.788. The van der Waals surface area contributed by atoms with Crippen LogP contribution in [0.25, 0.3) is 0 Å². The second-order valence-electron chi connectivity index (χ2n) is 4.63. The number of benzene rings is 1. The van der Waals surface area contributed by atoms with Crippen LogP contribution in [0.2, 0.25) is 5.02 Å². The lowest BCUT2D eigenvalue weighted by Gasteiger charge is -2.11. The first-order valence-corrected chi connectivity index (χ1v) is 6.55. The number of anilines is 2. The van der Waals surface area contributed by atoms with Crippen molar-refractivity contribution in [2.75, 3.05) is 10.6 Å². The van der Waals surface area contributed by atoms with Crippen molar-refractivity contribution in [2.45, 2.75) is 32.2 Å². The number of rotatable bonds is 4. The fourth-order valence-corrected chi connectivity index (χ4v) is 2.14. The molecule has 2 amide bonds. The molecule has 102 valence electrons. The first-order valence-electron chi connectivity index (χ1n) is 6.17. The van der Waals surface area contributed by atoms with E-state index >= 15 is 0 Å². The monoisotopic (exact) mass is 281 g/mol. The summed E-state index contributed by atoms with van der Waals surface area (Å²) in [4.78, 5) is 23.0. The van der Waals surface area contributed by atoms with Gasteiger partial charge in [-0.2, -0.15) is 0 Å². The minimum Gasteiger partial charge on any atom is -0.327 e. The zero-order chi connectivity index (χ0) is 14.0. The van der Waals surface area contributed by atoms with Gasteiger partial charge in [0, 0.05) is 18.2 Å². The fourth-order valence-electron chi connectivity index (χ4n) is 1.93. The number of nitrogens with two attached hydrogens (primary N) is 1. The topological polar surface area (TPSA) is 84.2 Å². The Kier molecular flexibility index (Phi) is 4.07. The van der Waals surface area contributed by atoms with Crippen LogP contribution in [0.5, 0.6) is 0 Å². The maximum Gasteiger partial charge on any atom is 0.228 e. The van der Waals surface area contributed by atoms with Crippen molar-refractivity contribution in [3.05, 3.63) is 22.7 Å². The predicted molar refractivity (Wildman–Crippen MR) is 75.3 cm³/mol. The number of amides is 2. The van der Waals surface area contributed by atoms with Gasteiger partial charge in [-0.15, -0.1) is 0 Å². The molecule has 1 aromatic carbocycles. The van der Waals surface area contributed by atoms with E-state index in [0.717, 1.165) is 12.0 Å². The molecule has 1 aliphatic rings. The smallest absolute Gasteiger partial charge is 0.228 e.